The van der Waals surface area contributed by atoms with E-state index in [0.29, 0.717) is 18.8 Å². The molecule has 0 fully saturated rings. The summed E-state index contributed by atoms with van der Waals surface area (Å²) in [6.45, 7) is 5.46. The number of carboxylic acids is 1. The Morgan fingerprint density at radius 1 is 1.43 bits per heavy atom. The molecule has 0 radical (unpaired) electrons. The zero-order valence-corrected chi connectivity index (χ0v) is 13.5. The zero-order chi connectivity index (χ0) is 16.6. The molecule has 0 amide bonds. The molecule has 1 aliphatic rings. The summed E-state index contributed by atoms with van der Waals surface area (Å²) >= 11 is 0. The van der Waals surface area contributed by atoms with Crippen LogP contribution in [0.3, 0.4) is 0 Å². The van der Waals surface area contributed by atoms with E-state index >= 15 is 0 Å². The Morgan fingerprint density at radius 3 is 2.87 bits per heavy atom. The van der Waals surface area contributed by atoms with E-state index in [2.05, 4.69) is 24.3 Å². The summed E-state index contributed by atoms with van der Waals surface area (Å²) in [5.41, 5.74) is 5.28. The number of aromatic nitrogens is 2. The summed E-state index contributed by atoms with van der Waals surface area (Å²) in [6, 6.07) is 7.64. The van der Waals surface area contributed by atoms with E-state index in [1.54, 1.807) is 0 Å². The first-order valence-corrected chi connectivity index (χ1v) is 7.77. The fourth-order valence-corrected chi connectivity index (χ4v) is 3.24. The molecular formula is C17H22N4O2. The Morgan fingerprint density at radius 2 is 2.17 bits per heavy atom. The molecule has 4 N–H and O–H groups in total. The number of nitrogens with zero attached hydrogens (tertiary/aromatic N) is 2. The van der Waals surface area contributed by atoms with Gasteiger partial charge in [0.1, 0.15) is 11.5 Å². The average Bonchev–Trinajstić information content (AvgIpc) is 2.85. The topological polar surface area (TPSA) is 93.2 Å². The van der Waals surface area contributed by atoms with Crippen LogP contribution in [0.4, 0.5) is 0 Å². The SMILES string of the molecule is CC1(C)CCc2nc(-c3ccccc3CNN)c(C(=O)O)n2C1. The van der Waals surface area contributed by atoms with Crippen LogP contribution < -0.4 is 11.3 Å². The van der Waals surface area contributed by atoms with E-state index in [1.165, 1.54) is 0 Å². The van der Waals surface area contributed by atoms with Crippen LogP contribution in [0.25, 0.3) is 11.3 Å². The maximum Gasteiger partial charge on any atom is 0.354 e. The number of fused-ring (bicyclic) bond motifs is 1. The number of imidazole rings is 1. The van der Waals surface area contributed by atoms with Crippen LogP contribution in [0.1, 0.15) is 42.1 Å². The van der Waals surface area contributed by atoms with Crippen molar-refractivity contribution in [1.29, 1.82) is 0 Å². The minimum Gasteiger partial charge on any atom is -0.477 e. The van der Waals surface area contributed by atoms with Gasteiger partial charge in [0.15, 0.2) is 5.69 Å². The molecule has 0 spiro atoms. The van der Waals surface area contributed by atoms with Gasteiger partial charge in [0, 0.05) is 25.1 Å². The molecule has 23 heavy (non-hydrogen) atoms. The van der Waals surface area contributed by atoms with E-state index in [4.69, 9.17) is 5.84 Å². The largest absolute Gasteiger partial charge is 0.477 e. The minimum atomic E-state index is -0.938. The Labute approximate surface area is 135 Å². The summed E-state index contributed by atoms with van der Waals surface area (Å²) in [5, 5.41) is 9.76. The van der Waals surface area contributed by atoms with Gasteiger partial charge in [-0.15, -0.1) is 0 Å². The third kappa shape index (κ3) is 2.87. The highest BCUT2D eigenvalue weighted by atomic mass is 16.4. The summed E-state index contributed by atoms with van der Waals surface area (Å²) in [4.78, 5) is 16.6. The number of nitrogens with two attached hydrogens (primary N) is 1. The van der Waals surface area contributed by atoms with Gasteiger partial charge in [-0.1, -0.05) is 38.1 Å². The van der Waals surface area contributed by atoms with E-state index < -0.39 is 5.97 Å². The molecule has 1 aromatic heterocycles. The number of carbonyl (C=O) groups is 1. The molecule has 2 heterocycles. The van der Waals surface area contributed by atoms with Crippen molar-refractivity contribution < 1.29 is 9.90 Å². The van der Waals surface area contributed by atoms with Crippen molar-refractivity contribution in [2.45, 2.75) is 39.8 Å². The van der Waals surface area contributed by atoms with Crippen LogP contribution in [0.2, 0.25) is 0 Å². The van der Waals surface area contributed by atoms with Crippen LogP contribution in [-0.2, 0) is 19.5 Å². The number of hydrogen-bond donors (Lipinski definition) is 3. The van der Waals surface area contributed by atoms with Crippen LogP contribution in [0.15, 0.2) is 24.3 Å². The first-order valence-electron chi connectivity index (χ1n) is 7.77. The number of rotatable bonds is 4. The monoisotopic (exact) mass is 314 g/mol. The second kappa shape index (κ2) is 5.79. The molecule has 2 aromatic rings. The second-order valence-electron chi connectivity index (χ2n) is 6.82. The normalized spacial score (nSPS) is 16.1. The van der Waals surface area contributed by atoms with Gasteiger partial charge in [-0.3, -0.25) is 11.3 Å². The molecule has 0 saturated heterocycles. The van der Waals surface area contributed by atoms with Crippen LogP contribution in [0, 0.1) is 5.41 Å². The van der Waals surface area contributed by atoms with Crippen molar-refractivity contribution in [2.24, 2.45) is 11.3 Å². The molecule has 0 aliphatic carbocycles. The van der Waals surface area contributed by atoms with Gasteiger partial charge in [0.25, 0.3) is 0 Å². The molecule has 6 nitrogen and oxygen atoms in total. The number of hydrazine groups is 1. The van der Waals surface area contributed by atoms with E-state index in [1.807, 2.05) is 28.8 Å². The van der Waals surface area contributed by atoms with Crippen LogP contribution in [0.5, 0.6) is 0 Å². The number of nitrogens with one attached hydrogen (secondary N) is 1. The van der Waals surface area contributed by atoms with E-state index in [-0.39, 0.29) is 11.1 Å². The summed E-state index contributed by atoms with van der Waals surface area (Å²) < 4.78 is 1.87. The highest BCUT2D eigenvalue weighted by Gasteiger charge is 2.32. The fraction of sp³-hybridized carbons (Fsp3) is 0.412. The molecule has 1 aromatic carbocycles. The summed E-state index contributed by atoms with van der Waals surface area (Å²) in [7, 11) is 0. The van der Waals surface area contributed by atoms with Gasteiger partial charge in [-0.05, 0) is 17.4 Å². The molecule has 3 rings (SSSR count). The Kier molecular flexibility index (Phi) is 3.95. The molecule has 6 heteroatoms. The Hall–Kier alpha value is -2.18. The molecule has 0 unspecified atom stereocenters. The second-order valence-corrected chi connectivity index (χ2v) is 6.82. The quantitative estimate of drug-likeness (QED) is 0.594. The van der Waals surface area contributed by atoms with Crippen LogP contribution in [-0.4, -0.2) is 20.6 Å². The number of carboxylic acid groups (broad SMARTS) is 1. The first-order chi connectivity index (χ1) is 10.9. The maximum absolute atomic E-state index is 11.9. The highest BCUT2D eigenvalue weighted by Crippen LogP contribution is 2.35. The van der Waals surface area contributed by atoms with E-state index in [0.717, 1.165) is 29.8 Å². The number of aryl methyl sites for hydroxylation is 1. The highest BCUT2D eigenvalue weighted by molar-refractivity contribution is 5.94. The average molecular weight is 314 g/mol. The molecule has 0 saturated carbocycles. The summed E-state index contributed by atoms with van der Waals surface area (Å²) in [6.07, 6.45) is 1.80. The number of benzene rings is 1. The Balaban J connectivity index is 2.18. The maximum atomic E-state index is 11.9. The van der Waals surface area contributed by atoms with Crippen molar-refractivity contribution in [3.05, 3.63) is 41.3 Å². The van der Waals surface area contributed by atoms with E-state index in [9.17, 15) is 9.90 Å². The number of hydrogen-bond acceptors (Lipinski definition) is 4. The molecule has 122 valence electrons. The predicted octanol–water partition coefficient (Wildman–Crippen LogP) is 2.18. The molecular weight excluding hydrogens is 292 g/mol. The number of aromatic carboxylic acids is 1. The van der Waals surface area contributed by atoms with Gasteiger partial charge in [0.2, 0.25) is 0 Å². The van der Waals surface area contributed by atoms with Crippen molar-refractivity contribution in [3.8, 4) is 11.3 Å². The zero-order valence-electron chi connectivity index (χ0n) is 13.5. The lowest BCUT2D eigenvalue weighted by atomic mass is 9.85. The molecule has 0 bridgehead atoms. The first kappa shape index (κ1) is 15.7. The van der Waals surface area contributed by atoms with Crippen molar-refractivity contribution in [1.82, 2.24) is 15.0 Å². The fourth-order valence-electron chi connectivity index (χ4n) is 3.24. The van der Waals surface area contributed by atoms with Gasteiger partial charge < -0.3 is 9.67 Å². The lowest BCUT2D eigenvalue weighted by Gasteiger charge is -2.31. The lowest BCUT2D eigenvalue weighted by Crippen LogP contribution is -2.29. The van der Waals surface area contributed by atoms with Crippen molar-refractivity contribution in [2.75, 3.05) is 0 Å². The summed E-state index contributed by atoms with van der Waals surface area (Å²) in [5.74, 6) is 5.36. The van der Waals surface area contributed by atoms with Crippen molar-refractivity contribution >= 4 is 5.97 Å². The smallest absolute Gasteiger partial charge is 0.354 e. The van der Waals surface area contributed by atoms with Gasteiger partial charge >= 0.3 is 5.97 Å². The molecule has 0 atom stereocenters. The van der Waals surface area contributed by atoms with Gasteiger partial charge in [0.05, 0.1) is 0 Å². The molecule has 1 aliphatic heterocycles. The lowest BCUT2D eigenvalue weighted by molar-refractivity contribution is 0.0680. The third-order valence-electron chi connectivity index (χ3n) is 4.43. The standard InChI is InChI=1S/C17H22N4O2/c1-17(2)8-7-13-20-14(15(16(22)23)21(13)10-17)12-6-4-3-5-11(12)9-19-18/h3-6,19H,7-10,18H2,1-2H3,(H,22,23). The van der Waals surface area contributed by atoms with Gasteiger partial charge in [-0.25, -0.2) is 9.78 Å². The Bertz CT molecular complexity index is 749. The van der Waals surface area contributed by atoms with Crippen LogP contribution >= 0.6 is 0 Å². The van der Waals surface area contributed by atoms with Crippen molar-refractivity contribution in [3.63, 3.8) is 0 Å². The third-order valence-corrected chi connectivity index (χ3v) is 4.43. The minimum absolute atomic E-state index is 0.0769. The predicted molar refractivity (Wildman–Crippen MR) is 87.8 cm³/mol. The van der Waals surface area contributed by atoms with Gasteiger partial charge in [-0.2, -0.15) is 0 Å².